The zero-order valence-electron chi connectivity index (χ0n) is 18.0. The summed E-state index contributed by atoms with van der Waals surface area (Å²) in [6.07, 6.45) is 2.80. The van der Waals surface area contributed by atoms with Crippen LogP contribution in [0.1, 0.15) is 48.5 Å². The van der Waals surface area contributed by atoms with Crippen LogP contribution in [0.2, 0.25) is 0 Å². The van der Waals surface area contributed by atoms with Crippen LogP contribution in [0.3, 0.4) is 0 Å². The van der Waals surface area contributed by atoms with Gasteiger partial charge in [-0.1, -0.05) is 24.3 Å². The van der Waals surface area contributed by atoms with Gasteiger partial charge in [-0.2, -0.15) is 0 Å². The third kappa shape index (κ3) is 5.31. The number of hydrogen-bond acceptors (Lipinski definition) is 5. The summed E-state index contributed by atoms with van der Waals surface area (Å²) in [6, 6.07) is 15.4. The Morgan fingerprint density at radius 2 is 2.03 bits per heavy atom. The van der Waals surface area contributed by atoms with Crippen LogP contribution in [0.15, 0.2) is 48.5 Å². The fourth-order valence-corrected chi connectivity index (χ4v) is 5.01. The lowest BCUT2D eigenvalue weighted by Gasteiger charge is -2.32. The maximum atomic E-state index is 13.1. The molecular weight excluding hydrogens is 408 g/mol. The molecule has 1 amide bonds. The number of aryl methyl sites for hydroxylation is 1. The molecule has 0 bridgehead atoms. The van der Waals surface area contributed by atoms with Crippen molar-refractivity contribution in [3.8, 4) is 5.75 Å². The maximum Gasteiger partial charge on any atom is 0.223 e. The number of nitrogens with zero attached hydrogens (tertiary/aromatic N) is 2. The molecule has 1 aliphatic rings. The second-order valence-corrected chi connectivity index (χ2v) is 9.43. The van der Waals surface area contributed by atoms with Crippen molar-refractivity contribution < 1.29 is 14.3 Å². The molecule has 2 heterocycles. The summed E-state index contributed by atoms with van der Waals surface area (Å²) in [4.78, 5) is 32.4. The molecule has 1 saturated heterocycles. The summed E-state index contributed by atoms with van der Waals surface area (Å²) in [5.74, 6) is 0.751. The van der Waals surface area contributed by atoms with Gasteiger partial charge in [0.2, 0.25) is 5.91 Å². The Morgan fingerprint density at radius 1 is 1.19 bits per heavy atom. The quantitative estimate of drug-likeness (QED) is 0.481. The van der Waals surface area contributed by atoms with Gasteiger partial charge >= 0.3 is 0 Å². The molecule has 0 radical (unpaired) electrons. The molecule has 1 aliphatic heterocycles. The van der Waals surface area contributed by atoms with Gasteiger partial charge in [-0.05, 0) is 51.0 Å². The van der Waals surface area contributed by atoms with Crippen LogP contribution in [-0.4, -0.2) is 40.8 Å². The number of aromatic nitrogens is 1. The summed E-state index contributed by atoms with van der Waals surface area (Å²) < 4.78 is 6.88. The SMILES string of the molecule is CC(C)Oc1cccc(C(=O)[C@H]2CCCN(C(=O)CCc3nc4ccccc4s3)C2)c1. The van der Waals surface area contributed by atoms with Crippen molar-refractivity contribution in [2.24, 2.45) is 5.92 Å². The normalized spacial score (nSPS) is 16.6. The minimum atomic E-state index is -0.158. The van der Waals surface area contributed by atoms with E-state index in [4.69, 9.17) is 4.74 Å². The van der Waals surface area contributed by atoms with Gasteiger partial charge in [0.15, 0.2) is 5.78 Å². The first-order valence-corrected chi connectivity index (χ1v) is 11.7. The molecule has 0 N–H and O–H groups in total. The molecule has 0 aliphatic carbocycles. The molecule has 5 nitrogen and oxygen atoms in total. The fraction of sp³-hybridized carbons (Fsp3) is 0.400. The Labute approximate surface area is 187 Å². The molecule has 0 unspecified atom stereocenters. The Bertz CT molecular complexity index is 1040. The van der Waals surface area contributed by atoms with Crippen molar-refractivity contribution in [3.63, 3.8) is 0 Å². The van der Waals surface area contributed by atoms with E-state index in [1.807, 2.05) is 61.2 Å². The van der Waals surface area contributed by atoms with Crippen molar-refractivity contribution in [2.45, 2.75) is 45.6 Å². The van der Waals surface area contributed by atoms with Gasteiger partial charge in [0.25, 0.3) is 0 Å². The summed E-state index contributed by atoms with van der Waals surface area (Å²) >= 11 is 1.65. The Hall–Kier alpha value is -2.73. The zero-order chi connectivity index (χ0) is 21.8. The topological polar surface area (TPSA) is 59.5 Å². The van der Waals surface area contributed by atoms with E-state index in [0.29, 0.717) is 30.7 Å². The third-order valence-electron chi connectivity index (χ3n) is 5.53. The Balaban J connectivity index is 1.36. The molecule has 0 spiro atoms. The van der Waals surface area contributed by atoms with Crippen LogP contribution in [0.25, 0.3) is 10.2 Å². The van der Waals surface area contributed by atoms with Gasteiger partial charge in [-0.15, -0.1) is 11.3 Å². The molecule has 162 valence electrons. The number of ketones is 1. The molecule has 2 aromatic carbocycles. The summed E-state index contributed by atoms with van der Waals surface area (Å²) in [7, 11) is 0. The van der Waals surface area contributed by atoms with Crippen molar-refractivity contribution in [2.75, 3.05) is 13.1 Å². The van der Waals surface area contributed by atoms with Crippen LogP contribution in [0.4, 0.5) is 0 Å². The van der Waals surface area contributed by atoms with E-state index >= 15 is 0 Å². The highest BCUT2D eigenvalue weighted by atomic mass is 32.1. The number of para-hydroxylation sites is 1. The molecule has 0 saturated carbocycles. The first-order chi connectivity index (χ1) is 15.0. The summed E-state index contributed by atoms with van der Waals surface area (Å²) in [5, 5.41) is 0.987. The number of likely N-dealkylation sites (tertiary alicyclic amines) is 1. The average molecular weight is 437 g/mol. The highest BCUT2D eigenvalue weighted by Gasteiger charge is 2.29. The van der Waals surface area contributed by atoms with Gasteiger partial charge < -0.3 is 9.64 Å². The van der Waals surface area contributed by atoms with Crippen LogP contribution in [0.5, 0.6) is 5.75 Å². The Kier molecular flexibility index (Phi) is 6.66. The highest BCUT2D eigenvalue weighted by molar-refractivity contribution is 7.18. The second kappa shape index (κ2) is 9.60. The van der Waals surface area contributed by atoms with E-state index in [0.717, 1.165) is 34.6 Å². The van der Waals surface area contributed by atoms with Gasteiger partial charge in [-0.3, -0.25) is 9.59 Å². The second-order valence-electron chi connectivity index (χ2n) is 8.31. The maximum absolute atomic E-state index is 13.1. The summed E-state index contributed by atoms with van der Waals surface area (Å²) in [5.41, 5.74) is 1.65. The average Bonchev–Trinajstić information content (AvgIpc) is 3.20. The van der Waals surface area contributed by atoms with Gasteiger partial charge in [-0.25, -0.2) is 4.98 Å². The van der Waals surface area contributed by atoms with Crippen molar-refractivity contribution in [1.29, 1.82) is 0 Å². The minimum absolute atomic E-state index is 0.0589. The monoisotopic (exact) mass is 436 g/mol. The number of thiazole rings is 1. The van der Waals surface area contributed by atoms with Crippen molar-refractivity contribution in [3.05, 3.63) is 59.1 Å². The van der Waals surface area contributed by atoms with E-state index < -0.39 is 0 Å². The molecule has 1 atom stereocenters. The van der Waals surface area contributed by atoms with Gasteiger partial charge in [0.05, 0.1) is 21.3 Å². The van der Waals surface area contributed by atoms with Crippen LogP contribution < -0.4 is 4.74 Å². The lowest BCUT2D eigenvalue weighted by atomic mass is 9.89. The zero-order valence-corrected chi connectivity index (χ0v) is 18.9. The largest absolute Gasteiger partial charge is 0.491 e. The first-order valence-electron chi connectivity index (χ1n) is 10.9. The predicted molar refractivity (Wildman–Crippen MR) is 124 cm³/mol. The van der Waals surface area contributed by atoms with E-state index in [1.165, 1.54) is 0 Å². The van der Waals surface area contributed by atoms with Crippen molar-refractivity contribution in [1.82, 2.24) is 9.88 Å². The number of carbonyl (C=O) groups is 2. The number of rotatable bonds is 7. The van der Waals surface area contributed by atoms with E-state index in [9.17, 15) is 9.59 Å². The number of benzene rings is 2. The lowest BCUT2D eigenvalue weighted by Crippen LogP contribution is -2.42. The molecule has 31 heavy (non-hydrogen) atoms. The molecule has 3 aromatic rings. The van der Waals surface area contributed by atoms with Crippen LogP contribution in [-0.2, 0) is 11.2 Å². The fourth-order valence-electron chi connectivity index (χ4n) is 4.05. The highest BCUT2D eigenvalue weighted by Crippen LogP contribution is 2.25. The van der Waals surface area contributed by atoms with Gasteiger partial charge in [0.1, 0.15) is 5.75 Å². The Morgan fingerprint density at radius 3 is 2.84 bits per heavy atom. The number of fused-ring (bicyclic) bond motifs is 1. The molecule has 1 fully saturated rings. The number of carbonyl (C=O) groups excluding carboxylic acids is 2. The van der Waals surface area contributed by atoms with Crippen molar-refractivity contribution >= 4 is 33.2 Å². The lowest BCUT2D eigenvalue weighted by molar-refractivity contribution is -0.132. The number of hydrogen-bond donors (Lipinski definition) is 0. The van der Waals surface area contributed by atoms with Crippen LogP contribution in [0, 0.1) is 5.92 Å². The number of Topliss-reactive ketones (excluding diaryl/α,β-unsaturated/α-hetero) is 1. The first kappa shape index (κ1) is 21.5. The van der Waals surface area contributed by atoms with E-state index in [-0.39, 0.29) is 23.7 Å². The minimum Gasteiger partial charge on any atom is -0.491 e. The molecule has 1 aromatic heterocycles. The van der Waals surface area contributed by atoms with Gasteiger partial charge in [0, 0.05) is 37.4 Å². The smallest absolute Gasteiger partial charge is 0.223 e. The third-order valence-corrected chi connectivity index (χ3v) is 6.62. The van der Waals surface area contributed by atoms with Crippen LogP contribution >= 0.6 is 11.3 Å². The molecular formula is C25H28N2O3S. The number of piperidine rings is 1. The number of ether oxygens (including phenoxy) is 1. The standard InChI is InChI=1S/C25H28N2O3S/c1-17(2)30-20-9-5-7-18(15-20)25(29)19-8-6-14-27(16-19)24(28)13-12-23-26-21-10-3-4-11-22(21)31-23/h3-5,7,9-11,15,17,19H,6,8,12-14,16H2,1-2H3/t19-/m0/s1. The molecule has 6 heteroatoms. The molecule has 4 rings (SSSR count). The van der Waals surface area contributed by atoms with E-state index in [1.54, 1.807) is 11.3 Å². The summed E-state index contributed by atoms with van der Waals surface area (Å²) in [6.45, 7) is 5.15. The number of amides is 1. The predicted octanol–water partition coefficient (Wildman–Crippen LogP) is 5.14. The van der Waals surface area contributed by atoms with E-state index in [2.05, 4.69) is 11.1 Å².